The lowest BCUT2D eigenvalue weighted by molar-refractivity contribution is -0.119. The first-order valence-electron chi connectivity index (χ1n) is 12.8. The van der Waals surface area contributed by atoms with Crippen LogP contribution in [0.4, 0.5) is 8.78 Å². The number of halogens is 2. The minimum atomic E-state index is -0.608. The SMILES string of the molecule is CNN=C1CCC(NCC[C@H](Cc2cc(F)cc(F)c2)NC(C)=O)(c2cccc(C(C)(C)C)c2)CC1. The minimum absolute atomic E-state index is 0.0430. The van der Waals surface area contributed by atoms with Crippen LogP contribution < -0.4 is 16.1 Å². The monoisotopic (exact) mass is 498 g/mol. The van der Waals surface area contributed by atoms with Gasteiger partial charge in [-0.1, -0.05) is 45.0 Å². The molecule has 1 aliphatic carbocycles. The van der Waals surface area contributed by atoms with E-state index in [0.29, 0.717) is 24.9 Å². The van der Waals surface area contributed by atoms with Gasteiger partial charge in [0.2, 0.25) is 5.91 Å². The van der Waals surface area contributed by atoms with E-state index >= 15 is 0 Å². The molecule has 5 nitrogen and oxygen atoms in total. The van der Waals surface area contributed by atoms with Gasteiger partial charge in [-0.05, 0) is 79.3 Å². The second-order valence-electron chi connectivity index (χ2n) is 10.9. The molecular weight excluding hydrogens is 458 g/mol. The first kappa shape index (κ1) is 27.8. The van der Waals surface area contributed by atoms with E-state index in [1.165, 1.54) is 35.9 Å². The van der Waals surface area contributed by atoms with Crippen molar-refractivity contribution in [1.29, 1.82) is 0 Å². The van der Waals surface area contributed by atoms with Gasteiger partial charge in [-0.25, -0.2) is 8.78 Å². The van der Waals surface area contributed by atoms with E-state index in [-0.39, 0.29) is 22.9 Å². The molecule has 0 bridgehead atoms. The summed E-state index contributed by atoms with van der Waals surface area (Å²) in [6, 6.07) is 12.1. The summed E-state index contributed by atoms with van der Waals surface area (Å²) < 4.78 is 27.4. The molecule has 3 rings (SSSR count). The maximum atomic E-state index is 13.7. The number of amides is 1. The maximum absolute atomic E-state index is 13.7. The summed E-state index contributed by atoms with van der Waals surface area (Å²) in [6.07, 6.45) is 4.62. The van der Waals surface area contributed by atoms with Crippen LogP contribution in [0.5, 0.6) is 0 Å². The smallest absolute Gasteiger partial charge is 0.217 e. The standard InChI is InChI=1S/C29H40F2N4O/c1-20(36)34-27(17-21-15-24(30)19-25(31)16-21)11-14-33-29(12-9-26(10-13-29)35-32-5)23-8-6-7-22(18-23)28(2,3)4/h6-8,15-16,18-19,27,32-33H,9-14,17H2,1-5H3,(H,34,36)/t27-,29?/m1/s1. The molecule has 0 aliphatic heterocycles. The van der Waals surface area contributed by atoms with Crippen LogP contribution in [0.15, 0.2) is 47.6 Å². The Hall–Kier alpha value is -2.80. The first-order valence-corrected chi connectivity index (χ1v) is 12.8. The lowest BCUT2D eigenvalue weighted by Gasteiger charge is -2.40. The Morgan fingerprint density at radius 3 is 2.33 bits per heavy atom. The molecule has 7 heteroatoms. The molecule has 0 unspecified atom stereocenters. The summed E-state index contributed by atoms with van der Waals surface area (Å²) in [6.45, 7) is 8.78. The van der Waals surface area contributed by atoms with Gasteiger partial charge in [-0.2, -0.15) is 5.10 Å². The molecule has 0 saturated heterocycles. The molecule has 196 valence electrons. The number of rotatable bonds is 9. The number of nitrogens with zero attached hydrogens (tertiary/aromatic N) is 1. The van der Waals surface area contributed by atoms with Crippen molar-refractivity contribution < 1.29 is 13.6 Å². The van der Waals surface area contributed by atoms with E-state index in [1.807, 2.05) is 7.05 Å². The van der Waals surface area contributed by atoms with E-state index in [9.17, 15) is 13.6 Å². The van der Waals surface area contributed by atoms with Crippen LogP contribution >= 0.6 is 0 Å². The van der Waals surface area contributed by atoms with Crippen LogP contribution in [0, 0.1) is 11.6 Å². The number of benzene rings is 2. The highest BCUT2D eigenvalue weighted by Gasteiger charge is 2.36. The van der Waals surface area contributed by atoms with Crippen molar-refractivity contribution in [2.24, 2.45) is 5.10 Å². The molecule has 0 aromatic heterocycles. The van der Waals surface area contributed by atoms with Crippen molar-refractivity contribution in [2.75, 3.05) is 13.6 Å². The number of hydrogen-bond acceptors (Lipinski definition) is 4. The molecule has 36 heavy (non-hydrogen) atoms. The summed E-state index contributed by atoms with van der Waals surface area (Å²) in [5.41, 5.74) is 7.01. The largest absolute Gasteiger partial charge is 0.353 e. The number of hydrogen-bond donors (Lipinski definition) is 3. The van der Waals surface area contributed by atoms with Crippen LogP contribution in [0.1, 0.15) is 76.5 Å². The van der Waals surface area contributed by atoms with Gasteiger partial charge in [0.25, 0.3) is 0 Å². The summed E-state index contributed by atoms with van der Waals surface area (Å²) in [7, 11) is 1.83. The quantitative estimate of drug-likeness (QED) is 0.409. The van der Waals surface area contributed by atoms with Gasteiger partial charge in [0.15, 0.2) is 0 Å². The van der Waals surface area contributed by atoms with Crippen LogP contribution in [0.25, 0.3) is 0 Å². The summed E-state index contributed by atoms with van der Waals surface area (Å²) in [5, 5.41) is 11.2. The van der Waals surface area contributed by atoms with Gasteiger partial charge in [-0.15, -0.1) is 0 Å². The second-order valence-corrected chi connectivity index (χ2v) is 10.9. The van der Waals surface area contributed by atoms with Crippen LogP contribution in [0.3, 0.4) is 0 Å². The average molecular weight is 499 g/mol. The zero-order chi connectivity index (χ0) is 26.3. The van der Waals surface area contributed by atoms with Crippen molar-refractivity contribution in [3.05, 3.63) is 70.8 Å². The predicted octanol–water partition coefficient (Wildman–Crippen LogP) is 5.33. The van der Waals surface area contributed by atoms with Crippen molar-refractivity contribution >= 4 is 11.6 Å². The summed E-state index contributed by atoms with van der Waals surface area (Å²) in [5.74, 6) is -1.37. The fraction of sp³-hybridized carbons (Fsp3) is 0.517. The summed E-state index contributed by atoms with van der Waals surface area (Å²) >= 11 is 0. The topological polar surface area (TPSA) is 65.5 Å². The van der Waals surface area contributed by atoms with E-state index in [2.05, 4.69) is 66.2 Å². The van der Waals surface area contributed by atoms with Gasteiger partial charge in [-0.3, -0.25) is 4.79 Å². The lowest BCUT2D eigenvalue weighted by atomic mass is 9.74. The van der Waals surface area contributed by atoms with Crippen molar-refractivity contribution in [2.45, 2.75) is 83.2 Å². The molecular formula is C29H40F2N4O. The number of hydrazone groups is 1. The zero-order valence-corrected chi connectivity index (χ0v) is 22.2. The molecule has 1 atom stereocenters. The van der Waals surface area contributed by atoms with Gasteiger partial charge >= 0.3 is 0 Å². The van der Waals surface area contributed by atoms with E-state index in [1.54, 1.807) is 0 Å². The summed E-state index contributed by atoms with van der Waals surface area (Å²) in [4.78, 5) is 11.9. The van der Waals surface area contributed by atoms with Gasteiger partial charge < -0.3 is 16.1 Å². The molecule has 2 aromatic carbocycles. The van der Waals surface area contributed by atoms with Crippen molar-refractivity contribution in [3.63, 3.8) is 0 Å². The number of carbonyl (C=O) groups is 1. The van der Waals surface area contributed by atoms with Crippen LogP contribution in [-0.2, 0) is 22.2 Å². The highest BCUT2D eigenvalue weighted by atomic mass is 19.1. The third kappa shape index (κ3) is 7.60. The van der Waals surface area contributed by atoms with Gasteiger partial charge in [0, 0.05) is 37.3 Å². The van der Waals surface area contributed by atoms with Crippen molar-refractivity contribution in [1.82, 2.24) is 16.1 Å². The average Bonchev–Trinajstić information content (AvgIpc) is 2.79. The molecule has 1 saturated carbocycles. The van der Waals surface area contributed by atoms with Gasteiger partial charge in [0.05, 0.1) is 0 Å². The van der Waals surface area contributed by atoms with E-state index in [0.717, 1.165) is 31.7 Å². The van der Waals surface area contributed by atoms with Crippen LogP contribution in [-0.4, -0.2) is 31.3 Å². The molecule has 1 amide bonds. The Morgan fingerprint density at radius 1 is 1.08 bits per heavy atom. The number of carbonyl (C=O) groups excluding carboxylic acids is 1. The predicted molar refractivity (Wildman–Crippen MR) is 142 cm³/mol. The third-order valence-corrected chi connectivity index (χ3v) is 7.00. The fourth-order valence-electron chi connectivity index (χ4n) is 5.10. The fourth-order valence-corrected chi connectivity index (χ4v) is 5.10. The Kier molecular flexibility index (Phi) is 9.23. The molecule has 1 aliphatic rings. The maximum Gasteiger partial charge on any atom is 0.217 e. The molecule has 2 aromatic rings. The van der Waals surface area contributed by atoms with E-state index in [4.69, 9.17) is 0 Å². The first-order chi connectivity index (χ1) is 17.0. The third-order valence-electron chi connectivity index (χ3n) is 7.00. The molecule has 1 fully saturated rings. The minimum Gasteiger partial charge on any atom is -0.353 e. The lowest BCUT2D eigenvalue weighted by Crippen LogP contribution is -2.47. The zero-order valence-electron chi connectivity index (χ0n) is 22.2. The molecule has 0 radical (unpaired) electrons. The molecule has 3 N–H and O–H groups in total. The highest BCUT2D eigenvalue weighted by Crippen LogP contribution is 2.38. The molecule has 0 spiro atoms. The van der Waals surface area contributed by atoms with Crippen molar-refractivity contribution in [3.8, 4) is 0 Å². The second kappa shape index (κ2) is 12.0. The Morgan fingerprint density at radius 2 is 1.75 bits per heavy atom. The van der Waals surface area contributed by atoms with E-state index < -0.39 is 11.6 Å². The number of nitrogens with one attached hydrogen (secondary N) is 3. The Balaban J connectivity index is 1.79. The Bertz CT molecular complexity index is 1050. The highest BCUT2D eigenvalue weighted by molar-refractivity contribution is 5.85. The molecule has 0 heterocycles. The van der Waals surface area contributed by atoms with Crippen LogP contribution in [0.2, 0.25) is 0 Å². The normalized spacial score (nSPS) is 19.0. The Labute approximate surface area is 214 Å². The van der Waals surface area contributed by atoms with Gasteiger partial charge in [0.1, 0.15) is 11.6 Å².